The van der Waals surface area contributed by atoms with Gasteiger partial charge in [-0.15, -0.1) is 0 Å². The van der Waals surface area contributed by atoms with Gasteiger partial charge < -0.3 is 9.84 Å². The summed E-state index contributed by atoms with van der Waals surface area (Å²) in [6, 6.07) is 12.8. The molecule has 2 aromatic carbocycles. The molecular formula is C25H20ClNO4. The fourth-order valence-corrected chi connectivity index (χ4v) is 3.97. The van der Waals surface area contributed by atoms with Gasteiger partial charge in [0.25, 0.3) is 0 Å². The second kappa shape index (κ2) is 7.93. The third kappa shape index (κ3) is 3.47. The SMILES string of the molecule is COC(=O)c1c(C=C2C(=O)C=Cc3ccccc32)c(O)n(-c2ccc(C)c(Cl)c2)c1C. The molecule has 0 spiro atoms. The van der Waals surface area contributed by atoms with E-state index < -0.39 is 5.97 Å². The summed E-state index contributed by atoms with van der Waals surface area (Å²) in [5.41, 5.74) is 4.36. The van der Waals surface area contributed by atoms with Crippen molar-refractivity contribution < 1.29 is 19.4 Å². The molecule has 0 amide bonds. The molecule has 5 nitrogen and oxygen atoms in total. The van der Waals surface area contributed by atoms with Crippen molar-refractivity contribution >= 4 is 41.1 Å². The van der Waals surface area contributed by atoms with E-state index >= 15 is 0 Å². The summed E-state index contributed by atoms with van der Waals surface area (Å²) in [6.45, 7) is 3.59. The maximum atomic E-state index is 12.7. The van der Waals surface area contributed by atoms with E-state index in [-0.39, 0.29) is 22.8 Å². The first-order valence-corrected chi connectivity index (χ1v) is 10.0. The highest BCUT2D eigenvalue weighted by molar-refractivity contribution is 6.33. The van der Waals surface area contributed by atoms with Gasteiger partial charge in [-0.3, -0.25) is 9.36 Å². The number of benzene rings is 2. The van der Waals surface area contributed by atoms with Crippen LogP contribution in [0.4, 0.5) is 0 Å². The molecule has 0 fully saturated rings. The molecule has 0 bridgehead atoms. The minimum Gasteiger partial charge on any atom is -0.494 e. The maximum Gasteiger partial charge on any atom is 0.340 e. The van der Waals surface area contributed by atoms with Crippen molar-refractivity contribution in [1.82, 2.24) is 4.57 Å². The highest BCUT2D eigenvalue weighted by Crippen LogP contribution is 2.37. The molecule has 156 valence electrons. The first kappa shape index (κ1) is 20.7. The Kier molecular flexibility index (Phi) is 5.29. The van der Waals surface area contributed by atoms with Crippen LogP contribution in [0, 0.1) is 13.8 Å². The number of carbonyl (C=O) groups is 2. The first-order chi connectivity index (χ1) is 14.8. The quantitative estimate of drug-likeness (QED) is 0.445. The molecule has 6 heteroatoms. The predicted octanol–water partition coefficient (Wildman–Crippen LogP) is 5.38. The van der Waals surface area contributed by atoms with Gasteiger partial charge in [0, 0.05) is 16.3 Å². The summed E-state index contributed by atoms with van der Waals surface area (Å²) in [5, 5.41) is 11.7. The lowest BCUT2D eigenvalue weighted by atomic mass is 9.90. The number of rotatable bonds is 3. The number of aromatic hydroxyl groups is 1. The van der Waals surface area contributed by atoms with E-state index in [1.54, 1.807) is 31.2 Å². The van der Waals surface area contributed by atoms with Crippen LogP contribution in [-0.4, -0.2) is 28.5 Å². The van der Waals surface area contributed by atoms with Crippen LogP contribution in [0.15, 0.2) is 48.5 Å². The fraction of sp³-hybridized carbons (Fsp3) is 0.120. The van der Waals surface area contributed by atoms with Crippen LogP contribution in [0.5, 0.6) is 5.88 Å². The Balaban J connectivity index is 1.99. The van der Waals surface area contributed by atoms with Gasteiger partial charge >= 0.3 is 5.97 Å². The van der Waals surface area contributed by atoms with Crippen LogP contribution in [0.2, 0.25) is 5.02 Å². The first-order valence-electron chi connectivity index (χ1n) is 9.66. The minimum absolute atomic E-state index is 0.176. The van der Waals surface area contributed by atoms with E-state index in [1.807, 2.05) is 37.3 Å². The van der Waals surface area contributed by atoms with Gasteiger partial charge in [-0.25, -0.2) is 4.79 Å². The van der Waals surface area contributed by atoms with Gasteiger partial charge in [0.05, 0.1) is 23.9 Å². The monoisotopic (exact) mass is 433 g/mol. The summed E-state index contributed by atoms with van der Waals surface area (Å²) < 4.78 is 6.50. The number of hydrogen-bond acceptors (Lipinski definition) is 4. The number of carbonyl (C=O) groups excluding carboxylic acids is 2. The van der Waals surface area contributed by atoms with Gasteiger partial charge in [0.2, 0.25) is 5.88 Å². The number of hydrogen-bond donors (Lipinski definition) is 1. The molecule has 0 radical (unpaired) electrons. The molecule has 3 aromatic rings. The Hall–Kier alpha value is -3.57. The lowest BCUT2D eigenvalue weighted by Gasteiger charge is -2.13. The number of esters is 1. The molecular weight excluding hydrogens is 414 g/mol. The highest BCUT2D eigenvalue weighted by atomic mass is 35.5. The Bertz CT molecular complexity index is 1300. The third-order valence-electron chi connectivity index (χ3n) is 5.44. The minimum atomic E-state index is -0.608. The van der Waals surface area contributed by atoms with Gasteiger partial charge in [0.15, 0.2) is 5.78 Å². The summed E-state index contributed by atoms with van der Waals surface area (Å²) in [4.78, 5) is 25.3. The molecule has 0 unspecified atom stereocenters. The van der Waals surface area contributed by atoms with Gasteiger partial charge in [-0.2, -0.15) is 0 Å². The van der Waals surface area contributed by atoms with Crippen molar-refractivity contribution in [3.8, 4) is 11.6 Å². The zero-order chi connectivity index (χ0) is 22.3. The average Bonchev–Trinajstić information content (AvgIpc) is 3.01. The second-order valence-electron chi connectivity index (χ2n) is 7.30. The Morgan fingerprint density at radius 3 is 2.58 bits per heavy atom. The molecule has 1 heterocycles. The van der Waals surface area contributed by atoms with Gasteiger partial charge in [-0.1, -0.05) is 48.0 Å². The van der Waals surface area contributed by atoms with E-state index in [0.717, 1.165) is 16.7 Å². The van der Waals surface area contributed by atoms with Crippen molar-refractivity contribution in [2.45, 2.75) is 13.8 Å². The van der Waals surface area contributed by atoms with E-state index in [0.29, 0.717) is 22.0 Å². The van der Waals surface area contributed by atoms with Gasteiger partial charge in [-0.05, 0) is 54.8 Å². The van der Waals surface area contributed by atoms with Crippen molar-refractivity contribution in [1.29, 1.82) is 0 Å². The zero-order valence-corrected chi connectivity index (χ0v) is 18.0. The standard InChI is InChI=1S/C25H20ClNO4/c1-14-8-10-17(12-21(14)26)27-15(2)23(25(30)31-3)20(24(27)29)13-19-18-7-5-4-6-16(18)9-11-22(19)28/h4-13,29H,1-3H3. The number of aromatic nitrogens is 1. The lowest BCUT2D eigenvalue weighted by Crippen LogP contribution is -2.07. The van der Waals surface area contributed by atoms with Crippen LogP contribution >= 0.6 is 11.6 Å². The zero-order valence-electron chi connectivity index (χ0n) is 17.3. The molecule has 0 saturated heterocycles. The molecule has 1 aromatic heterocycles. The van der Waals surface area contributed by atoms with Crippen LogP contribution in [-0.2, 0) is 9.53 Å². The Morgan fingerprint density at radius 2 is 1.87 bits per heavy atom. The van der Waals surface area contributed by atoms with E-state index in [9.17, 15) is 14.7 Å². The second-order valence-corrected chi connectivity index (χ2v) is 7.71. The molecule has 0 aliphatic heterocycles. The van der Waals surface area contributed by atoms with Crippen LogP contribution < -0.4 is 0 Å². The lowest BCUT2D eigenvalue weighted by molar-refractivity contribution is -0.109. The smallest absolute Gasteiger partial charge is 0.340 e. The summed E-state index contributed by atoms with van der Waals surface area (Å²) in [7, 11) is 1.28. The molecule has 31 heavy (non-hydrogen) atoms. The predicted molar refractivity (Wildman–Crippen MR) is 122 cm³/mol. The summed E-state index contributed by atoms with van der Waals surface area (Å²) >= 11 is 6.28. The average molecular weight is 434 g/mol. The van der Waals surface area contributed by atoms with Crippen LogP contribution in [0.1, 0.15) is 38.3 Å². The Labute approximate surface area is 184 Å². The normalized spacial score (nSPS) is 14.1. The van der Waals surface area contributed by atoms with Crippen molar-refractivity contribution in [3.63, 3.8) is 0 Å². The third-order valence-corrected chi connectivity index (χ3v) is 5.85. The van der Waals surface area contributed by atoms with E-state index in [4.69, 9.17) is 16.3 Å². The molecule has 1 aliphatic rings. The van der Waals surface area contributed by atoms with E-state index in [1.165, 1.54) is 17.8 Å². The molecule has 1 aliphatic carbocycles. The van der Waals surface area contributed by atoms with Crippen molar-refractivity contribution in [2.24, 2.45) is 0 Å². The maximum absolute atomic E-state index is 12.7. The topological polar surface area (TPSA) is 68.5 Å². The molecule has 1 N–H and O–H groups in total. The van der Waals surface area contributed by atoms with E-state index in [2.05, 4.69) is 0 Å². The number of nitrogens with zero attached hydrogens (tertiary/aromatic N) is 1. The van der Waals surface area contributed by atoms with Crippen molar-refractivity contribution in [2.75, 3.05) is 7.11 Å². The molecule has 0 atom stereocenters. The number of halogens is 1. The summed E-state index contributed by atoms with van der Waals surface area (Å²) in [5.74, 6) is -0.994. The fourth-order valence-electron chi connectivity index (χ4n) is 3.80. The van der Waals surface area contributed by atoms with Crippen molar-refractivity contribution in [3.05, 3.63) is 87.1 Å². The number of ether oxygens (including phenoxy) is 1. The van der Waals surface area contributed by atoms with Crippen LogP contribution in [0.3, 0.4) is 0 Å². The number of aryl methyl sites for hydroxylation is 1. The molecule has 4 rings (SSSR count). The number of fused-ring (bicyclic) bond motifs is 1. The highest BCUT2D eigenvalue weighted by Gasteiger charge is 2.27. The molecule has 0 saturated carbocycles. The Morgan fingerprint density at radius 1 is 1.13 bits per heavy atom. The summed E-state index contributed by atoms with van der Waals surface area (Å²) in [6.07, 6.45) is 4.78. The number of methoxy groups -OCH3 is 1. The number of ketones is 1. The largest absolute Gasteiger partial charge is 0.494 e. The van der Waals surface area contributed by atoms with Gasteiger partial charge in [0.1, 0.15) is 0 Å². The van der Waals surface area contributed by atoms with Crippen LogP contribution in [0.25, 0.3) is 23.4 Å². The number of allylic oxidation sites excluding steroid dienone is 2.